The Morgan fingerprint density at radius 3 is 2.43 bits per heavy atom. The first-order valence-electron chi connectivity index (χ1n) is 3.98. The molecule has 0 radical (unpaired) electrons. The molecular weight excluding hydrogens is 521 g/mol. The van der Waals surface area contributed by atoms with E-state index in [9.17, 15) is 0 Å². The third-order valence-corrected chi connectivity index (χ3v) is 5.72. The van der Waals surface area contributed by atoms with Gasteiger partial charge in [0, 0.05) is 9.50 Å². The van der Waals surface area contributed by atoms with Gasteiger partial charge < -0.3 is 0 Å². The Balaban J connectivity index is 2.74. The number of nitrogens with zero attached hydrogens (tertiary/aromatic N) is 4. The van der Waals surface area contributed by atoms with E-state index < -0.39 is 0 Å². The highest BCUT2D eigenvalue weighted by Gasteiger charge is 2.07. The first-order chi connectivity index (χ1) is 6.50. The molecule has 0 aliphatic rings. The lowest BCUT2D eigenvalue weighted by Gasteiger charge is -1.98. The van der Waals surface area contributed by atoms with E-state index in [1.807, 2.05) is 0 Å². The van der Waals surface area contributed by atoms with E-state index in [0.29, 0.717) is 12.5 Å². The molecule has 1 heterocycles. The van der Waals surface area contributed by atoms with Gasteiger partial charge in [0.05, 0.1) is 8.13 Å². The van der Waals surface area contributed by atoms with Crippen LogP contribution < -0.4 is 0 Å². The van der Waals surface area contributed by atoms with E-state index in [0.717, 1.165) is 5.82 Å². The van der Waals surface area contributed by atoms with E-state index >= 15 is 0 Å². The number of tetrazole rings is 1. The number of hydrogen-bond acceptors (Lipinski definition) is 3. The Labute approximate surface area is 124 Å². The maximum atomic E-state index is 4.28. The second kappa shape index (κ2) is 5.92. The third kappa shape index (κ3) is 3.87. The van der Waals surface area contributed by atoms with E-state index in [1.54, 1.807) is 4.80 Å². The first-order valence-corrected chi connectivity index (χ1v) is 7.21. The molecule has 0 aliphatic carbocycles. The zero-order chi connectivity index (χ0) is 10.7. The quantitative estimate of drug-likeness (QED) is 0.565. The Bertz CT molecular complexity index is 340. The summed E-state index contributed by atoms with van der Waals surface area (Å²) in [6, 6.07) is 0. The van der Waals surface area contributed by atoms with E-state index in [2.05, 4.69) is 97.0 Å². The lowest BCUT2D eigenvalue weighted by molar-refractivity contribution is 0.576. The van der Waals surface area contributed by atoms with E-state index in [1.165, 1.54) is 5.17 Å². The number of aromatic nitrogens is 4. The SMILES string of the molecule is CC(C)c1nnn(CC(I)=C(I)I)n1. The summed E-state index contributed by atoms with van der Waals surface area (Å²) in [6.45, 7) is 4.83. The number of rotatable bonds is 3. The molecule has 78 valence electrons. The van der Waals surface area contributed by atoms with Gasteiger partial charge in [-0.25, -0.2) is 0 Å². The molecule has 0 saturated heterocycles. The Kier molecular flexibility index (Phi) is 5.52. The molecule has 1 rings (SSSR count). The van der Waals surface area contributed by atoms with Crippen molar-refractivity contribution in [2.75, 3.05) is 0 Å². The highest BCUT2D eigenvalue weighted by atomic mass is 127. The molecule has 0 saturated carbocycles. The topological polar surface area (TPSA) is 43.6 Å². The van der Waals surface area contributed by atoms with Crippen LogP contribution in [0.3, 0.4) is 0 Å². The van der Waals surface area contributed by atoms with Crippen LogP contribution in [0.15, 0.2) is 5.17 Å². The minimum absolute atomic E-state index is 0.337. The molecule has 0 aromatic carbocycles. The van der Waals surface area contributed by atoms with Crippen molar-refractivity contribution in [3.05, 3.63) is 11.0 Å². The lowest BCUT2D eigenvalue weighted by Crippen LogP contribution is -2.03. The van der Waals surface area contributed by atoms with Crippen LogP contribution >= 0.6 is 67.8 Å². The van der Waals surface area contributed by atoms with Crippen LogP contribution in [-0.2, 0) is 6.54 Å². The van der Waals surface area contributed by atoms with Gasteiger partial charge in [0.2, 0.25) is 0 Å². The monoisotopic (exact) mass is 530 g/mol. The Morgan fingerprint density at radius 2 is 2.00 bits per heavy atom. The zero-order valence-corrected chi connectivity index (χ0v) is 14.2. The largest absolute Gasteiger partial charge is 0.177 e. The summed E-state index contributed by atoms with van der Waals surface area (Å²) in [5.74, 6) is 1.14. The van der Waals surface area contributed by atoms with Gasteiger partial charge in [-0.3, -0.25) is 0 Å². The van der Waals surface area contributed by atoms with Crippen LogP contribution in [0.2, 0.25) is 0 Å². The van der Waals surface area contributed by atoms with Crippen LogP contribution in [0.5, 0.6) is 0 Å². The van der Waals surface area contributed by atoms with Gasteiger partial charge >= 0.3 is 0 Å². The molecule has 0 atom stereocenters. The minimum atomic E-state index is 0.337. The smallest absolute Gasteiger partial charge is 0.159 e. The fourth-order valence-electron chi connectivity index (χ4n) is 0.738. The maximum absolute atomic E-state index is 4.28. The third-order valence-electron chi connectivity index (χ3n) is 1.47. The number of halogens is 3. The fraction of sp³-hybridized carbons (Fsp3) is 0.571. The second-order valence-electron chi connectivity index (χ2n) is 3.00. The normalized spacial score (nSPS) is 10.7. The highest BCUT2D eigenvalue weighted by Crippen LogP contribution is 2.26. The van der Waals surface area contributed by atoms with Crippen LogP contribution in [0.4, 0.5) is 0 Å². The standard InChI is InChI=1S/C7H9I3N4/c1-4(2)7-11-13-14(12-7)3-5(8)6(9)10/h4H,3H2,1-2H3. The van der Waals surface area contributed by atoms with Gasteiger partial charge in [-0.15, -0.1) is 10.2 Å². The van der Waals surface area contributed by atoms with Crippen LogP contribution in [-0.4, -0.2) is 20.2 Å². The first kappa shape index (κ1) is 13.1. The molecule has 0 fully saturated rings. The van der Waals surface area contributed by atoms with Gasteiger partial charge in [0.1, 0.15) is 0 Å². The molecule has 0 N–H and O–H groups in total. The summed E-state index contributed by atoms with van der Waals surface area (Å²) >= 11 is 6.87. The van der Waals surface area contributed by atoms with Crippen LogP contribution in [0, 0.1) is 0 Å². The van der Waals surface area contributed by atoms with Crippen molar-refractivity contribution in [3.8, 4) is 0 Å². The average Bonchev–Trinajstić information content (AvgIpc) is 2.52. The van der Waals surface area contributed by atoms with Gasteiger partial charge in [0.25, 0.3) is 0 Å². The number of hydrogen-bond donors (Lipinski definition) is 0. The van der Waals surface area contributed by atoms with Crippen molar-refractivity contribution in [2.45, 2.75) is 26.3 Å². The zero-order valence-electron chi connectivity index (χ0n) is 7.71. The highest BCUT2D eigenvalue weighted by molar-refractivity contribution is 14.2. The van der Waals surface area contributed by atoms with Gasteiger partial charge in [-0.2, -0.15) is 4.80 Å². The minimum Gasteiger partial charge on any atom is -0.159 e. The van der Waals surface area contributed by atoms with Crippen molar-refractivity contribution in [1.29, 1.82) is 0 Å². The molecule has 14 heavy (non-hydrogen) atoms. The summed E-state index contributed by atoms with van der Waals surface area (Å²) in [6.07, 6.45) is 0. The van der Waals surface area contributed by atoms with Gasteiger partial charge in [-0.05, 0) is 73.0 Å². The van der Waals surface area contributed by atoms with Crippen molar-refractivity contribution < 1.29 is 0 Å². The molecule has 0 spiro atoms. The predicted octanol–water partition coefficient (Wildman–Crippen LogP) is 3.27. The Morgan fingerprint density at radius 1 is 1.36 bits per heavy atom. The van der Waals surface area contributed by atoms with Gasteiger partial charge in [-0.1, -0.05) is 13.8 Å². The second-order valence-corrected chi connectivity index (χ2v) is 8.52. The molecule has 0 amide bonds. The molecule has 1 aromatic rings. The van der Waals surface area contributed by atoms with Crippen LogP contribution in [0.1, 0.15) is 25.6 Å². The molecule has 0 bridgehead atoms. The van der Waals surface area contributed by atoms with E-state index in [4.69, 9.17) is 0 Å². The molecule has 0 aliphatic heterocycles. The summed E-state index contributed by atoms with van der Waals surface area (Å²) in [5.41, 5.74) is 0. The van der Waals surface area contributed by atoms with Crippen molar-refractivity contribution in [2.24, 2.45) is 0 Å². The average molecular weight is 530 g/mol. The Hall–Kier alpha value is 1.00. The molecular formula is C7H9I3N4. The predicted molar refractivity (Wildman–Crippen MR) is 81.0 cm³/mol. The van der Waals surface area contributed by atoms with Gasteiger partial charge in [0.15, 0.2) is 5.82 Å². The van der Waals surface area contributed by atoms with Crippen LogP contribution in [0.25, 0.3) is 0 Å². The van der Waals surface area contributed by atoms with E-state index in [-0.39, 0.29) is 0 Å². The lowest BCUT2D eigenvalue weighted by atomic mass is 10.2. The fourth-order valence-corrected chi connectivity index (χ4v) is 1.38. The summed E-state index contributed by atoms with van der Waals surface area (Å²) < 4.78 is 2.47. The number of allylic oxidation sites excluding steroid dienone is 1. The maximum Gasteiger partial charge on any atom is 0.177 e. The summed E-state index contributed by atoms with van der Waals surface area (Å²) in [5, 5.41) is 12.2. The van der Waals surface area contributed by atoms with Crippen molar-refractivity contribution in [1.82, 2.24) is 20.2 Å². The molecule has 7 heteroatoms. The van der Waals surface area contributed by atoms with Crippen molar-refractivity contribution >= 4 is 67.8 Å². The molecule has 1 aromatic heterocycles. The summed E-state index contributed by atoms with van der Waals surface area (Å²) in [7, 11) is 0. The van der Waals surface area contributed by atoms with Crippen molar-refractivity contribution in [3.63, 3.8) is 0 Å². The molecule has 4 nitrogen and oxygen atoms in total. The summed E-state index contributed by atoms with van der Waals surface area (Å²) in [4.78, 5) is 1.63. The molecule has 0 unspecified atom stereocenters.